The molecule has 126 valence electrons. The number of benzene rings is 1. The number of carbonyl (C=O) groups excluding carboxylic acids is 1. The van der Waals surface area contributed by atoms with Crippen LogP contribution in [0.15, 0.2) is 24.3 Å². The molecule has 1 aromatic heterocycles. The molecule has 1 amide bonds. The lowest BCUT2D eigenvalue weighted by Crippen LogP contribution is -2.34. The Morgan fingerprint density at radius 2 is 1.83 bits per heavy atom. The zero-order valence-electron chi connectivity index (χ0n) is 14.2. The molecule has 4 heteroatoms. The lowest BCUT2D eigenvalue weighted by molar-refractivity contribution is -0.117. The lowest BCUT2D eigenvalue weighted by atomic mass is 10.1. The highest BCUT2D eigenvalue weighted by molar-refractivity contribution is 6.03. The van der Waals surface area contributed by atoms with Crippen molar-refractivity contribution in [3.63, 3.8) is 0 Å². The Morgan fingerprint density at radius 1 is 1.04 bits per heavy atom. The van der Waals surface area contributed by atoms with E-state index in [4.69, 9.17) is 4.98 Å². The van der Waals surface area contributed by atoms with E-state index in [1.54, 1.807) is 0 Å². The van der Waals surface area contributed by atoms with Crippen LogP contribution in [-0.2, 0) is 17.6 Å². The van der Waals surface area contributed by atoms with Crippen molar-refractivity contribution in [2.24, 2.45) is 0 Å². The predicted molar refractivity (Wildman–Crippen MR) is 97.3 cm³/mol. The number of hydrogen-bond donors (Lipinski definition) is 1. The summed E-state index contributed by atoms with van der Waals surface area (Å²) in [5.41, 5.74) is 4.41. The van der Waals surface area contributed by atoms with Gasteiger partial charge in [0.25, 0.3) is 0 Å². The molecule has 1 fully saturated rings. The minimum Gasteiger partial charge on any atom is -0.324 e. The number of aromatic nitrogens is 1. The molecular weight excluding hydrogens is 298 g/mol. The summed E-state index contributed by atoms with van der Waals surface area (Å²) in [4.78, 5) is 19.8. The highest BCUT2D eigenvalue weighted by atomic mass is 16.2. The third-order valence-corrected chi connectivity index (χ3v) is 5.25. The van der Waals surface area contributed by atoms with Crippen LogP contribution in [-0.4, -0.2) is 35.4 Å². The molecule has 0 bridgehead atoms. The summed E-state index contributed by atoms with van der Waals surface area (Å²) in [6.07, 6.45) is 8.18. The van der Waals surface area contributed by atoms with E-state index in [1.807, 2.05) is 18.2 Å². The van der Waals surface area contributed by atoms with Gasteiger partial charge in [0.05, 0.1) is 17.7 Å². The summed E-state index contributed by atoms with van der Waals surface area (Å²) in [7, 11) is 0. The topological polar surface area (TPSA) is 45.2 Å². The van der Waals surface area contributed by atoms with Gasteiger partial charge in [-0.25, -0.2) is 0 Å². The summed E-state index contributed by atoms with van der Waals surface area (Å²) >= 11 is 0. The van der Waals surface area contributed by atoms with E-state index in [-0.39, 0.29) is 5.91 Å². The highest BCUT2D eigenvalue weighted by Gasteiger charge is 2.21. The van der Waals surface area contributed by atoms with E-state index in [2.05, 4.69) is 16.3 Å². The Labute approximate surface area is 143 Å². The van der Waals surface area contributed by atoms with Crippen LogP contribution < -0.4 is 5.32 Å². The smallest absolute Gasteiger partial charge is 0.238 e. The van der Waals surface area contributed by atoms with Crippen LogP contribution in [0.5, 0.6) is 0 Å². The van der Waals surface area contributed by atoms with Crippen LogP contribution >= 0.6 is 0 Å². The average Bonchev–Trinajstić information content (AvgIpc) is 2.91. The van der Waals surface area contributed by atoms with E-state index in [9.17, 15) is 4.79 Å². The van der Waals surface area contributed by atoms with Crippen LogP contribution in [0.1, 0.15) is 43.4 Å². The second-order valence-corrected chi connectivity index (χ2v) is 7.02. The second kappa shape index (κ2) is 6.89. The van der Waals surface area contributed by atoms with Gasteiger partial charge in [0.1, 0.15) is 0 Å². The van der Waals surface area contributed by atoms with Crippen molar-refractivity contribution < 1.29 is 4.79 Å². The molecule has 1 saturated heterocycles. The molecule has 0 saturated carbocycles. The van der Waals surface area contributed by atoms with Gasteiger partial charge in [-0.15, -0.1) is 0 Å². The maximum atomic E-state index is 12.7. The van der Waals surface area contributed by atoms with Crippen molar-refractivity contribution in [2.45, 2.75) is 44.9 Å². The minimum atomic E-state index is 0.113. The molecule has 4 rings (SSSR count). The molecular formula is C20H25N3O. The molecule has 4 nitrogen and oxygen atoms in total. The van der Waals surface area contributed by atoms with E-state index >= 15 is 0 Å². The fourth-order valence-electron chi connectivity index (χ4n) is 4.03. The van der Waals surface area contributed by atoms with Gasteiger partial charge in [-0.05, 0) is 56.8 Å². The first-order valence-corrected chi connectivity index (χ1v) is 9.24. The number of anilines is 1. The number of pyridine rings is 1. The molecule has 1 aliphatic carbocycles. The zero-order valence-corrected chi connectivity index (χ0v) is 14.2. The third kappa shape index (κ3) is 3.16. The minimum absolute atomic E-state index is 0.113. The van der Waals surface area contributed by atoms with Gasteiger partial charge in [-0.1, -0.05) is 31.0 Å². The molecule has 2 heterocycles. The highest BCUT2D eigenvalue weighted by Crippen LogP contribution is 2.33. The summed E-state index contributed by atoms with van der Waals surface area (Å²) in [5.74, 6) is 0.113. The second-order valence-electron chi connectivity index (χ2n) is 7.02. The van der Waals surface area contributed by atoms with Gasteiger partial charge in [-0.2, -0.15) is 0 Å². The number of likely N-dealkylation sites (tertiary alicyclic amines) is 1. The van der Waals surface area contributed by atoms with Crippen LogP contribution in [0.2, 0.25) is 0 Å². The lowest BCUT2D eigenvalue weighted by Gasteiger charge is -2.20. The van der Waals surface area contributed by atoms with Crippen LogP contribution in [0.3, 0.4) is 0 Å². The number of nitrogens with one attached hydrogen (secondary N) is 1. The van der Waals surface area contributed by atoms with Gasteiger partial charge in [0.15, 0.2) is 0 Å². The number of nitrogens with zero attached hydrogens (tertiary/aromatic N) is 2. The maximum Gasteiger partial charge on any atom is 0.238 e. The Bertz CT molecular complexity index is 748. The van der Waals surface area contributed by atoms with E-state index in [0.29, 0.717) is 6.54 Å². The normalized spacial score (nSPS) is 18.3. The predicted octanol–water partition coefficient (Wildman–Crippen LogP) is 3.54. The van der Waals surface area contributed by atoms with Crippen molar-refractivity contribution in [1.29, 1.82) is 0 Å². The average molecular weight is 323 g/mol. The number of aryl methyl sites for hydroxylation is 1. The SMILES string of the molecule is O=C(CN1CCCCCC1)Nc1c2c(nc3ccccc13)CCC2. The van der Waals surface area contributed by atoms with Crippen molar-refractivity contribution in [3.8, 4) is 0 Å². The molecule has 24 heavy (non-hydrogen) atoms. The summed E-state index contributed by atoms with van der Waals surface area (Å²) in [6.45, 7) is 2.59. The van der Waals surface area contributed by atoms with Crippen LogP contribution in [0.4, 0.5) is 5.69 Å². The van der Waals surface area contributed by atoms with Gasteiger partial charge in [0, 0.05) is 11.1 Å². The fourth-order valence-corrected chi connectivity index (χ4v) is 4.03. The molecule has 1 N–H and O–H groups in total. The summed E-state index contributed by atoms with van der Waals surface area (Å²) < 4.78 is 0. The van der Waals surface area contributed by atoms with Crippen LogP contribution in [0.25, 0.3) is 10.9 Å². The molecule has 0 radical (unpaired) electrons. The first-order valence-electron chi connectivity index (χ1n) is 9.24. The van der Waals surface area contributed by atoms with Crippen molar-refractivity contribution in [3.05, 3.63) is 35.5 Å². The maximum absolute atomic E-state index is 12.7. The van der Waals surface area contributed by atoms with E-state index in [1.165, 1.54) is 36.9 Å². The first-order chi connectivity index (χ1) is 11.8. The number of rotatable bonds is 3. The molecule has 2 aromatic rings. The fraction of sp³-hybridized carbons (Fsp3) is 0.500. The molecule has 1 aliphatic heterocycles. The standard InChI is InChI=1S/C20H25N3O/c24-19(14-23-12-5-1-2-6-13-23)22-20-15-8-3-4-10-17(15)21-18-11-7-9-16(18)20/h3-4,8,10H,1-2,5-7,9,11-14H2,(H,21,22,24). The number of carbonyl (C=O) groups is 1. The zero-order chi connectivity index (χ0) is 16.4. The molecule has 0 atom stereocenters. The first kappa shape index (κ1) is 15.6. The largest absolute Gasteiger partial charge is 0.324 e. The number of hydrogen-bond acceptors (Lipinski definition) is 3. The molecule has 0 unspecified atom stereocenters. The number of fused-ring (bicyclic) bond motifs is 2. The van der Waals surface area contributed by atoms with Gasteiger partial charge in [0.2, 0.25) is 5.91 Å². The Hall–Kier alpha value is -1.94. The van der Waals surface area contributed by atoms with Gasteiger partial charge < -0.3 is 5.32 Å². The van der Waals surface area contributed by atoms with Gasteiger partial charge in [-0.3, -0.25) is 14.7 Å². The van der Waals surface area contributed by atoms with E-state index < -0.39 is 0 Å². The summed E-state index contributed by atoms with van der Waals surface area (Å²) in [6, 6.07) is 8.15. The Balaban J connectivity index is 1.58. The molecule has 0 spiro atoms. The van der Waals surface area contributed by atoms with Crippen LogP contribution in [0, 0.1) is 0 Å². The molecule has 2 aliphatic rings. The van der Waals surface area contributed by atoms with E-state index in [0.717, 1.165) is 48.9 Å². The van der Waals surface area contributed by atoms with Crippen molar-refractivity contribution in [1.82, 2.24) is 9.88 Å². The summed E-state index contributed by atoms with van der Waals surface area (Å²) in [5, 5.41) is 4.30. The van der Waals surface area contributed by atoms with Gasteiger partial charge >= 0.3 is 0 Å². The monoisotopic (exact) mass is 323 g/mol. The Kier molecular flexibility index (Phi) is 4.48. The quantitative estimate of drug-likeness (QED) is 0.940. The van der Waals surface area contributed by atoms with Crippen molar-refractivity contribution in [2.75, 3.05) is 25.0 Å². The number of para-hydroxylation sites is 1. The number of amides is 1. The van der Waals surface area contributed by atoms with Crippen molar-refractivity contribution >= 4 is 22.5 Å². The third-order valence-electron chi connectivity index (χ3n) is 5.25. The Morgan fingerprint density at radius 3 is 2.67 bits per heavy atom. The molecule has 1 aromatic carbocycles.